The molecule has 5 heteroatoms. The summed E-state index contributed by atoms with van der Waals surface area (Å²) in [5, 5.41) is 4.31. The predicted molar refractivity (Wildman–Crippen MR) is 86.1 cm³/mol. The van der Waals surface area contributed by atoms with E-state index in [1.54, 1.807) is 6.33 Å². The first-order valence-electron chi connectivity index (χ1n) is 7.58. The van der Waals surface area contributed by atoms with Crippen molar-refractivity contribution >= 4 is 5.69 Å². The molecule has 5 nitrogen and oxygen atoms in total. The molecule has 114 valence electrons. The maximum atomic E-state index is 5.66. The molecule has 1 aromatic carbocycles. The Bertz CT molecular complexity index is 544. The van der Waals surface area contributed by atoms with Gasteiger partial charge in [0.1, 0.15) is 12.2 Å². The van der Waals surface area contributed by atoms with Crippen molar-refractivity contribution in [3.05, 3.63) is 42.0 Å². The first-order chi connectivity index (χ1) is 10.2. The molecule has 1 aromatic heterocycles. The molecule has 0 spiro atoms. The normalized spacial score (nSPS) is 11.1. The standard InChI is InChI=1S/C16H25N5/c1-4-9-20(15-7-5-14(10-17)6-8-15)11-16-18-12-19-21(16)13(2)3/h5-8,12-13H,4,9-11,17H2,1-3H3. The topological polar surface area (TPSA) is 60.0 Å². The molecule has 0 amide bonds. The van der Waals surface area contributed by atoms with Crippen molar-refractivity contribution < 1.29 is 0 Å². The van der Waals surface area contributed by atoms with Crippen LogP contribution in [0.1, 0.15) is 44.6 Å². The predicted octanol–water partition coefficient (Wildman–Crippen LogP) is 2.73. The average Bonchev–Trinajstić information content (AvgIpc) is 2.95. The van der Waals surface area contributed by atoms with E-state index in [2.05, 4.69) is 60.0 Å². The van der Waals surface area contributed by atoms with Crippen molar-refractivity contribution in [3.8, 4) is 0 Å². The van der Waals surface area contributed by atoms with Crippen LogP contribution in [0.2, 0.25) is 0 Å². The van der Waals surface area contributed by atoms with Crippen molar-refractivity contribution in [1.29, 1.82) is 0 Å². The quantitative estimate of drug-likeness (QED) is 0.850. The minimum atomic E-state index is 0.325. The molecule has 0 fully saturated rings. The maximum absolute atomic E-state index is 5.66. The summed E-state index contributed by atoms with van der Waals surface area (Å²) in [6, 6.07) is 8.77. The summed E-state index contributed by atoms with van der Waals surface area (Å²) in [6.07, 6.45) is 2.73. The Labute approximate surface area is 126 Å². The average molecular weight is 287 g/mol. The van der Waals surface area contributed by atoms with Crippen LogP contribution in [0.25, 0.3) is 0 Å². The lowest BCUT2D eigenvalue weighted by atomic mass is 10.2. The monoisotopic (exact) mass is 287 g/mol. The van der Waals surface area contributed by atoms with Crippen molar-refractivity contribution in [3.63, 3.8) is 0 Å². The Hall–Kier alpha value is -1.88. The highest BCUT2D eigenvalue weighted by Crippen LogP contribution is 2.19. The first-order valence-corrected chi connectivity index (χ1v) is 7.58. The Morgan fingerprint density at radius 2 is 1.95 bits per heavy atom. The third-order valence-electron chi connectivity index (χ3n) is 3.50. The summed E-state index contributed by atoms with van der Waals surface area (Å²) in [4.78, 5) is 6.75. The van der Waals surface area contributed by atoms with Crippen molar-refractivity contribution in [2.75, 3.05) is 11.4 Å². The molecule has 0 aliphatic carbocycles. The van der Waals surface area contributed by atoms with Gasteiger partial charge in [-0.2, -0.15) is 5.10 Å². The van der Waals surface area contributed by atoms with E-state index >= 15 is 0 Å². The minimum Gasteiger partial charge on any atom is -0.364 e. The van der Waals surface area contributed by atoms with E-state index < -0.39 is 0 Å². The van der Waals surface area contributed by atoms with Gasteiger partial charge in [-0.15, -0.1) is 0 Å². The summed E-state index contributed by atoms with van der Waals surface area (Å²) in [7, 11) is 0. The number of anilines is 1. The van der Waals surface area contributed by atoms with E-state index in [1.165, 1.54) is 5.69 Å². The largest absolute Gasteiger partial charge is 0.364 e. The van der Waals surface area contributed by atoms with Crippen LogP contribution in [0, 0.1) is 0 Å². The SMILES string of the molecule is CCCN(Cc1ncnn1C(C)C)c1ccc(CN)cc1. The number of rotatable bonds is 7. The molecule has 1 heterocycles. The van der Waals surface area contributed by atoms with E-state index in [9.17, 15) is 0 Å². The number of aromatic nitrogens is 3. The second kappa shape index (κ2) is 7.22. The molecule has 0 bridgehead atoms. The number of nitrogens with zero attached hydrogens (tertiary/aromatic N) is 4. The lowest BCUT2D eigenvalue weighted by Crippen LogP contribution is -2.26. The zero-order valence-corrected chi connectivity index (χ0v) is 13.2. The van der Waals surface area contributed by atoms with Crippen LogP contribution in [-0.4, -0.2) is 21.3 Å². The molecule has 0 atom stereocenters. The fraction of sp³-hybridized carbons (Fsp3) is 0.500. The molecule has 0 saturated heterocycles. The fourth-order valence-corrected chi connectivity index (χ4v) is 2.40. The molecular weight excluding hydrogens is 262 g/mol. The molecule has 2 aromatic rings. The summed E-state index contributed by atoms with van der Waals surface area (Å²) in [5.74, 6) is 1.00. The van der Waals surface area contributed by atoms with Gasteiger partial charge in [-0.1, -0.05) is 19.1 Å². The van der Waals surface area contributed by atoms with Crippen LogP contribution in [-0.2, 0) is 13.1 Å². The van der Waals surface area contributed by atoms with Crippen molar-refractivity contribution in [2.24, 2.45) is 5.73 Å². The number of hydrogen-bond donors (Lipinski definition) is 1. The van der Waals surface area contributed by atoms with E-state index in [0.29, 0.717) is 12.6 Å². The maximum Gasteiger partial charge on any atom is 0.146 e. The van der Waals surface area contributed by atoms with Crippen LogP contribution >= 0.6 is 0 Å². The Morgan fingerprint density at radius 1 is 1.24 bits per heavy atom. The van der Waals surface area contributed by atoms with Gasteiger partial charge in [0.05, 0.1) is 6.54 Å². The van der Waals surface area contributed by atoms with Crippen LogP contribution < -0.4 is 10.6 Å². The van der Waals surface area contributed by atoms with Crippen LogP contribution in [0.3, 0.4) is 0 Å². The van der Waals surface area contributed by atoms with Crippen molar-refractivity contribution in [1.82, 2.24) is 14.8 Å². The molecule has 0 aliphatic rings. The summed E-state index contributed by atoms with van der Waals surface area (Å²) in [6.45, 7) is 8.78. The molecule has 21 heavy (non-hydrogen) atoms. The first kappa shape index (κ1) is 15.5. The fourth-order valence-electron chi connectivity index (χ4n) is 2.40. The smallest absolute Gasteiger partial charge is 0.146 e. The highest BCUT2D eigenvalue weighted by Gasteiger charge is 2.13. The summed E-state index contributed by atoms with van der Waals surface area (Å²) in [5.41, 5.74) is 8.02. The summed E-state index contributed by atoms with van der Waals surface area (Å²) >= 11 is 0. The Kier molecular flexibility index (Phi) is 5.33. The second-order valence-electron chi connectivity index (χ2n) is 5.51. The lowest BCUT2D eigenvalue weighted by molar-refractivity contribution is 0.500. The highest BCUT2D eigenvalue weighted by molar-refractivity contribution is 5.47. The van der Waals surface area contributed by atoms with Crippen molar-refractivity contribution in [2.45, 2.75) is 46.3 Å². The third-order valence-corrected chi connectivity index (χ3v) is 3.50. The van der Waals surface area contributed by atoms with Gasteiger partial charge in [-0.3, -0.25) is 0 Å². The number of nitrogens with two attached hydrogens (primary N) is 1. The van der Waals surface area contributed by atoms with Gasteiger partial charge in [-0.25, -0.2) is 9.67 Å². The summed E-state index contributed by atoms with van der Waals surface area (Å²) < 4.78 is 1.98. The van der Waals surface area contributed by atoms with Gasteiger partial charge >= 0.3 is 0 Å². The molecule has 0 saturated carbocycles. The zero-order chi connectivity index (χ0) is 15.2. The zero-order valence-electron chi connectivity index (χ0n) is 13.2. The Balaban J connectivity index is 2.19. The van der Waals surface area contributed by atoms with E-state index in [-0.39, 0.29) is 0 Å². The molecule has 2 N–H and O–H groups in total. The lowest BCUT2D eigenvalue weighted by Gasteiger charge is -2.24. The van der Waals surface area contributed by atoms with Crippen LogP contribution in [0.4, 0.5) is 5.69 Å². The van der Waals surface area contributed by atoms with Gasteiger partial charge < -0.3 is 10.6 Å². The number of benzene rings is 1. The van der Waals surface area contributed by atoms with Gasteiger partial charge in [0.25, 0.3) is 0 Å². The van der Waals surface area contributed by atoms with E-state index in [1.807, 2.05) is 4.68 Å². The van der Waals surface area contributed by atoms with E-state index in [0.717, 1.165) is 30.9 Å². The molecular formula is C16H25N5. The Morgan fingerprint density at radius 3 is 2.52 bits per heavy atom. The molecule has 0 unspecified atom stereocenters. The molecule has 0 radical (unpaired) electrons. The van der Waals surface area contributed by atoms with Gasteiger partial charge in [0, 0.05) is 24.8 Å². The van der Waals surface area contributed by atoms with E-state index in [4.69, 9.17) is 5.73 Å². The molecule has 2 rings (SSSR count). The van der Waals surface area contributed by atoms with Gasteiger partial charge in [0.2, 0.25) is 0 Å². The van der Waals surface area contributed by atoms with Crippen LogP contribution in [0.15, 0.2) is 30.6 Å². The minimum absolute atomic E-state index is 0.325. The van der Waals surface area contributed by atoms with Gasteiger partial charge in [-0.05, 0) is 38.0 Å². The number of hydrogen-bond acceptors (Lipinski definition) is 4. The van der Waals surface area contributed by atoms with Crippen LogP contribution in [0.5, 0.6) is 0 Å². The third kappa shape index (κ3) is 3.82. The molecule has 0 aliphatic heterocycles. The highest BCUT2D eigenvalue weighted by atomic mass is 15.4. The van der Waals surface area contributed by atoms with Gasteiger partial charge in [0.15, 0.2) is 0 Å². The second-order valence-corrected chi connectivity index (χ2v) is 5.51.